The zero-order valence-corrected chi connectivity index (χ0v) is 13.0. The van der Waals surface area contributed by atoms with E-state index in [2.05, 4.69) is 4.98 Å². The van der Waals surface area contributed by atoms with Crippen LogP contribution in [0.2, 0.25) is 0 Å². The van der Waals surface area contributed by atoms with Gasteiger partial charge in [0.25, 0.3) is 0 Å². The van der Waals surface area contributed by atoms with Gasteiger partial charge in [-0.2, -0.15) is 0 Å². The van der Waals surface area contributed by atoms with Crippen molar-refractivity contribution in [3.05, 3.63) is 24.0 Å². The van der Waals surface area contributed by atoms with E-state index in [-0.39, 0.29) is 12.5 Å². The van der Waals surface area contributed by atoms with Gasteiger partial charge < -0.3 is 9.84 Å². The zero-order chi connectivity index (χ0) is 16.1. The normalized spacial score (nSPS) is 26.8. The molecule has 0 bridgehead atoms. The first-order valence-corrected chi connectivity index (χ1v) is 7.39. The van der Waals surface area contributed by atoms with E-state index < -0.39 is 23.1 Å². The molecule has 6 heteroatoms. The monoisotopic (exact) mass is 304 g/mol. The number of hydrogen-bond donors (Lipinski definition) is 1. The number of esters is 1. The molecule has 1 N–H and O–H groups in total. The number of amides is 1. The maximum absolute atomic E-state index is 12.8. The van der Waals surface area contributed by atoms with Crippen molar-refractivity contribution in [2.45, 2.75) is 50.7 Å². The molecule has 1 aliphatic carbocycles. The molecule has 1 amide bonds. The van der Waals surface area contributed by atoms with E-state index in [1.54, 1.807) is 39.2 Å². The Labute approximate surface area is 129 Å². The van der Waals surface area contributed by atoms with E-state index in [0.717, 1.165) is 5.56 Å². The predicted octanol–water partition coefficient (Wildman–Crippen LogP) is 1.16. The van der Waals surface area contributed by atoms with Gasteiger partial charge in [-0.05, 0) is 45.2 Å². The van der Waals surface area contributed by atoms with Gasteiger partial charge >= 0.3 is 5.97 Å². The van der Waals surface area contributed by atoms with Gasteiger partial charge in [-0.3, -0.25) is 19.5 Å². The van der Waals surface area contributed by atoms with E-state index >= 15 is 0 Å². The topological polar surface area (TPSA) is 79.7 Å². The molecule has 118 valence electrons. The Kier molecular flexibility index (Phi) is 3.25. The Bertz CT molecular complexity index is 629. The van der Waals surface area contributed by atoms with Crippen LogP contribution >= 0.6 is 0 Å². The third kappa shape index (κ3) is 2.27. The second-order valence-electron chi connectivity index (χ2n) is 7.01. The van der Waals surface area contributed by atoms with Gasteiger partial charge in [0.2, 0.25) is 5.91 Å². The summed E-state index contributed by atoms with van der Waals surface area (Å²) in [7, 11) is 0. The van der Waals surface area contributed by atoms with E-state index in [9.17, 15) is 14.7 Å². The van der Waals surface area contributed by atoms with Crippen LogP contribution in [0.1, 0.15) is 39.2 Å². The number of anilines is 1. The summed E-state index contributed by atoms with van der Waals surface area (Å²) in [5.74, 6) is -0.598. The molecular weight excluding hydrogens is 284 g/mol. The largest absolute Gasteiger partial charge is 0.459 e. The van der Waals surface area contributed by atoms with Crippen LogP contribution in [0.25, 0.3) is 0 Å². The Balaban J connectivity index is 1.87. The lowest BCUT2D eigenvalue weighted by Crippen LogP contribution is -2.52. The van der Waals surface area contributed by atoms with E-state index in [1.165, 1.54) is 4.90 Å². The minimum absolute atomic E-state index is 0.132. The SMILES string of the molecule is CC(C)(C)OC(=O)CN1C(=O)C2(CC(O)C2)c2ccncc21. The fraction of sp³-hybridized carbons (Fsp3) is 0.562. The minimum Gasteiger partial charge on any atom is -0.459 e. The van der Waals surface area contributed by atoms with Crippen LogP contribution in [0.4, 0.5) is 5.69 Å². The number of aliphatic hydroxyl groups is 1. The number of aliphatic hydroxyl groups excluding tert-OH is 1. The number of nitrogens with zero attached hydrogens (tertiary/aromatic N) is 2. The second-order valence-corrected chi connectivity index (χ2v) is 7.01. The number of aromatic nitrogens is 1. The molecule has 1 aromatic heterocycles. The van der Waals surface area contributed by atoms with Gasteiger partial charge in [0.05, 0.1) is 23.4 Å². The van der Waals surface area contributed by atoms with E-state index in [4.69, 9.17) is 4.74 Å². The van der Waals surface area contributed by atoms with Crippen LogP contribution < -0.4 is 4.90 Å². The molecule has 22 heavy (non-hydrogen) atoms. The highest BCUT2D eigenvalue weighted by atomic mass is 16.6. The van der Waals surface area contributed by atoms with Gasteiger partial charge in [0.1, 0.15) is 12.1 Å². The molecule has 2 heterocycles. The fourth-order valence-electron chi connectivity index (χ4n) is 3.29. The molecule has 1 aliphatic heterocycles. The Morgan fingerprint density at radius 1 is 1.50 bits per heavy atom. The van der Waals surface area contributed by atoms with Crippen LogP contribution in [0.5, 0.6) is 0 Å². The number of carbonyl (C=O) groups excluding carboxylic acids is 2. The molecule has 1 fully saturated rings. The highest BCUT2D eigenvalue weighted by molar-refractivity contribution is 6.10. The van der Waals surface area contributed by atoms with Gasteiger partial charge in [-0.25, -0.2) is 0 Å². The van der Waals surface area contributed by atoms with Gasteiger partial charge in [-0.15, -0.1) is 0 Å². The smallest absolute Gasteiger partial charge is 0.326 e. The van der Waals surface area contributed by atoms with Crippen LogP contribution in [0, 0.1) is 0 Å². The van der Waals surface area contributed by atoms with Gasteiger partial charge in [0.15, 0.2) is 0 Å². The summed E-state index contributed by atoms with van der Waals surface area (Å²) in [5.41, 5.74) is 0.202. The lowest BCUT2D eigenvalue weighted by atomic mass is 9.63. The second kappa shape index (κ2) is 4.78. The summed E-state index contributed by atoms with van der Waals surface area (Å²) < 4.78 is 5.30. The molecule has 6 nitrogen and oxygen atoms in total. The molecule has 3 rings (SSSR count). The maximum Gasteiger partial charge on any atom is 0.326 e. The molecule has 1 aromatic rings. The summed E-state index contributed by atoms with van der Waals surface area (Å²) in [6.07, 6.45) is 3.56. The molecule has 0 atom stereocenters. The van der Waals surface area contributed by atoms with E-state index in [0.29, 0.717) is 18.5 Å². The molecule has 2 aliphatic rings. The van der Waals surface area contributed by atoms with Crippen molar-refractivity contribution in [3.8, 4) is 0 Å². The first-order valence-electron chi connectivity index (χ1n) is 7.39. The van der Waals surface area contributed by atoms with Crippen molar-refractivity contribution in [2.75, 3.05) is 11.4 Å². The minimum atomic E-state index is -0.695. The number of rotatable bonds is 2. The summed E-state index contributed by atoms with van der Waals surface area (Å²) in [6.45, 7) is 5.23. The Morgan fingerprint density at radius 2 is 2.18 bits per heavy atom. The molecule has 1 spiro atoms. The van der Waals surface area contributed by atoms with Gasteiger partial charge in [-0.1, -0.05) is 0 Å². The quantitative estimate of drug-likeness (QED) is 0.829. The highest BCUT2D eigenvalue weighted by Crippen LogP contribution is 2.53. The number of hydrogen-bond acceptors (Lipinski definition) is 5. The first-order chi connectivity index (χ1) is 10.2. The third-order valence-electron chi connectivity index (χ3n) is 4.14. The maximum atomic E-state index is 12.8. The molecule has 0 radical (unpaired) electrons. The molecular formula is C16H20N2O4. The summed E-state index contributed by atoms with van der Waals surface area (Å²) in [6, 6.07) is 1.80. The summed E-state index contributed by atoms with van der Waals surface area (Å²) in [4.78, 5) is 30.3. The van der Waals surface area contributed by atoms with Crippen molar-refractivity contribution in [3.63, 3.8) is 0 Å². The molecule has 0 unspecified atom stereocenters. The number of fused-ring (bicyclic) bond motifs is 2. The fourth-order valence-corrected chi connectivity index (χ4v) is 3.29. The average Bonchev–Trinajstić information content (AvgIpc) is 2.60. The standard InChI is InChI=1S/C16H20N2O4/c1-15(2,3)22-13(20)9-18-12-8-17-5-4-11(12)16(14(18)21)6-10(19)7-16/h4-5,8,10,19H,6-7,9H2,1-3H3. The number of ether oxygens (including phenoxy) is 1. The lowest BCUT2D eigenvalue weighted by Gasteiger charge is -2.41. The molecule has 0 aromatic carbocycles. The summed E-state index contributed by atoms with van der Waals surface area (Å²) in [5, 5.41) is 9.66. The van der Waals surface area contributed by atoms with Crippen LogP contribution in [0.3, 0.4) is 0 Å². The number of pyridine rings is 1. The predicted molar refractivity (Wildman–Crippen MR) is 79.4 cm³/mol. The lowest BCUT2D eigenvalue weighted by molar-refractivity contribution is -0.154. The number of carbonyl (C=O) groups is 2. The van der Waals surface area contributed by atoms with Crippen molar-refractivity contribution >= 4 is 17.6 Å². The van der Waals surface area contributed by atoms with Crippen molar-refractivity contribution < 1.29 is 19.4 Å². The molecule has 0 saturated heterocycles. The Hall–Kier alpha value is -1.95. The highest BCUT2D eigenvalue weighted by Gasteiger charge is 2.58. The van der Waals surface area contributed by atoms with Crippen molar-refractivity contribution in [1.82, 2.24) is 4.98 Å². The van der Waals surface area contributed by atoms with E-state index in [1.807, 2.05) is 0 Å². The third-order valence-corrected chi connectivity index (χ3v) is 4.14. The molecule has 1 saturated carbocycles. The Morgan fingerprint density at radius 3 is 2.77 bits per heavy atom. The van der Waals surface area contributed by atoms with Crippen molar-refractivity contribution in [1.29, 1.82) is 0 Å². The summed E-state index contributed by atoms with van der Waals surface area (Å²) >= 11 is 0. The van der Waals surface area contributed by atoms with Crippen LogP contribution in [-0.4, -0.2) is 40.2 Å². The van der Waals surface area contributed by atoms with Crippen molar-refractivity contribution in [2.24, 2.45) is 0 Å². The van der Waals surface area contributed by atoms with Gasteiger partial charge in [0, 0.05) is 6.20 Å². The zero-order valence-electron chi connectivity index (χ0n) is 13.0. The van der Waals surface area contributed by atoms with Crippen LogP contribution in [-0.2, 0) is 19.7 Å². The average molecular weight is 304 g/mol. The first kappa shape index (κ1) is 15.0. The van der Waals surface area contributed by atoms with Crippen LogP contribution in [0.15, 0.2) is 18.5 Å².